The molecule has 4 rings (SSSR count). The van der Waals surface area contributed by atoms with Gasteiger partial charge in [0.15, 0.2) is 0 Å². The van der Waals surface area contributed by atoms with Gasteiger partial charge in [0, 0.05) is 25.0 Å². The lowest BCUT2D eigenvalue weighted by molar-refractivity contribution is 0.247. The Balaban J connectivity index is 1.27. The normalized spacial score (nSPS) is 15.4. The van der Waals surface area contributed by atoms with Crippen molar-refractivity contribution in [3.8, 4) is 0 Å². The van der Waals surface area contributed by atoms with E-state index in [0.29, 0.717) is 0 Å². The van der Waals surface area contributed by atoms with Crippen molar-refractivity contribution in [1.82, 2.24) is 15.6 Å². The summed E-state index contributed by atoms with van der Waals surface area (Å²) in [4.78, 5) is 16.8. The highest BCUT2D eigenvalue weighted by atomic mass is 16.2. The van der Waals surface area contributed by atoms with Crippen molar-refractivity contribution in [2.24, 2.45) is 0 Å². The lowest BCUT2D eigenvalue weighted by atomic mass is 9.88. The minimum atomic E-state index is -0.160. The Morgan fingerprint density at radius 1 is 0.966 bits per heavy atom. The number of nitrogens with zero attached hydrogens (tertiary/aromatic N) is 1. The number of fused-ring (bicyclic) bond motifs is 1. The molecule has 1 aliphatic rings. The number of aryl methyl sites for hydroxylation is 1. The Hall–Kier alpha value is -3.18. The minimum absolute atomic E-state index is 0.0787. The van der Waals surface area contributed by atoms with Crippen LogP contribution in [0.1, 0.15) is 41.3 Å². The molecule has 0 bridgehead atoms. The van der Waals surface area contributed by atoms with Crippen molar-refractivity contribution in [1.29, 1.82) is 0 Å². The number of urea groups is 1. The molecule has 1 atom stereocenters. The summed E-state index contributed by atoms with van der Waals surface area (Å²) in [6.45, 7) is 1.48. The van der Waals surface area contributed by atoms with Gasteiger partial charge in [-0.25, -0.2) is 4.79 Å². The van der Waals surface area contributed by atoms with Gasteiger partial charge in [-0.3, -0.25) is 4.98 Å². The highest BCUT2D eigenvalue weighted by Crippen LogP contribution is 2.29. The average molecular weight is 386 g/mol. The first kappa shape index (κ1) is 19.2. The molecule has 0 saturated heterocycles. The molecule has 2 aromatic carbocycles. The van der Waals surface area contributed by atoms with E-state index in [9.17, 15) is 4.79 Å². The van der Waals surface area contributed by atoms with Gasteiger partial charge >= 0.3 is 6.03 Å². The van der Waals surface area contributed by atoms with E-state index in [2.05, 4.69) is 39.1 Å². The Morgan fingerprint density at radius 3 is 2.62 bits per heavy atom. The second kappa shape index (κ2) is 9.34. The summed E-state index contributed by atoms with van der Waals surface area (Å²) in [6.07, 6.45) is 4.97. The summed E-state index contributed by atoms with van der Waals surface area (Å²) in [5, 5.41) is 9.45. The van der Waals surface area contributed by atoms with Crippen LogP contribution in [0.15, 0.2) is 72.9 Å². The number of amides is 2. The number of hydrogen-bond acceptors (Lipinski definition) is 3. The van der Waals surface area contributed by atoms with Crippen LogP contribution in [0.5, 0.6) is 0 Å². The molecule has 0 radical (unpaired) electrons. The fourth-order valence-electron chi connectivity index (χ4n) is 3.77. The zero-order valence-corrected chi connectivity index (χ0v) is 16.4. The van der Waals surface area contributed by atoms with Crippen LogP contribution in [0.3, 0.4) is 0 Å². The second-order valence-corrected chi connectivity index (χ2v) is 7.36. The molecular weight excluding hydrogens is 360 g/mol. The zero-order chi connectivity index (χ0) is 19.9. The maximum atomic E-state index is 12.5. The molecule has 1 aliphatic carbocycles. The molecule has 5 nitrogen and oxygen atoms in total. The highest BCUT2D eigenvalue weighted by molar-refractivity contribution is 5.89. The molecule has 5 heteroatoms. The molecule has 3 N–H and O–H groups in total. The number of anilines is 1. The number of rotatable bonds is 6. The van der Waals surface area contributed by atoms with Gasteiger partial charge in [0.2, 0.25) is 0 Å². The van der Waals surface area contributed by atoms with Crippen LogP contribution in [0.4, 0.5) is 10.5 Å². The van der Waals surface area contributed by atoms with E-state index in [1.165, 1.54) is 11.1 Å². The average Bonchev–Trinajstić information content (AvgIpc) is 2.76. The maximum Gasteiger partial charge on any atom is 0.319 e. The van der Waals surface area contributed by atoms with E-state index in [1.54, 1.807) is 6.20 Å². The van der Waals surface area contributed by atoms with Gasteiger partial charge in [-0.15, -0.1) is 0 Å². The summed E-state index contributed by atoms with van der Waals surface area (Å²) in [5.74, 6) is 0. The third-order valence-corrected chi connectivity index (χ3v) is 5.25. The van der Waals surface area contributed by atoms with Crippen molar-refractivity contribution >= 4 is 11.7 Å². The first-order valence-corrected chi connectivity index (χ1v) is 10.1. The highest BCUT2D eigenvalue weighted by Gasteiger charge is 2.21. The fourth-order valence-corrected chi connectivity index (χ4v) is 3.77. The first-order chi connectivity index (χ1) is 14.3. The monoisotopic (exact) mass is 386 g/mol. The van der Waals surface area contributed by atoms with Crippen molar-refractivity contribution in [3.63, 3.8) is 0 Å². The topological polar surface area (TPSA) is 66.0 Å². The lowest BCUT2D eigenvalue weighted by Crippen LogP contribution is -2.34. The van der Waals surface area contributed by atoms with Crippen LogP contribution in [-0.2, 0) is 19.5 Å². The second-order valence-electron chi connectivity index (χ2n) is 7.36. The zero-order valence-electron chi connectivity index (χ0n) is 16.4. The standard InChI is InChI=1S/C24H26N4O/c29-24(28-23-10-5-7-19-6-1-2-9-22(19)23)27-20-13-11-18(12-14-20)16-25-17-21-8-3-4-15-26-21/h1-4,6,8-9,11-15,23,25H,5,7,10,16-17H2,(H2,27,28,29). The Morgan fingerprint density at radius 2 is 1.79 bits per heavy atom. The molecular formula is C24H26N4O. The molecule has 0 fully saturated rings. The third kappa shape index (κ3) is 5.21. The summed E-state index contributed by atoms with van der Waals surface area (Å²) in [5.41, 5.74) is 5.55. The van der Waals surface area contributed by atoms with Crippen molar-refractivity contribution in [2.75, 3.05) is 5.32 Å². The largest absolute Gasteiger partial charge is 0.331 e. The van der Waals surface area contributed by atoms with Crippen LogP contribution in [-0.4, -0.2) is 11.0 Å². The van der Waals surface area contributed by atoms with Gasteiger partial charge in [0.25, 0.3) is 0 Å². The van der Waals surface area contributed by atoms with E-state index in [0.717, 1.165) is 49.3 Å². The quantitative estimate of drug-likeness (QED) is 0.581. The van der Waals surface area contributed by atoms with Crippen LogP contribution < -0.4 is 16.0 Å². The predicted octanol–water partition coefficient (Wildman–Crippen LogP) is 4.57. The van der Waals surface area contributed by atoms with Crippen LogP contribution >= 0.6 is 0 Å². The van der Waals surface area contributed by atoms with Crippen molar-refractivity contribution < 1.29 is 4.79 Å². The van der Waals surface area contributed by atoms with Gasteiger partial charge in [-0.1, -0.05) is 42.5 Å². The molecule has 148 valence electrons. The van der Waals surface area contributed by atoms with Crippen LogP contribution in [0, 0.1) is 0 Å². The molecule has 1 heterocycles. The molecule has 0 aliphatic heterocycles. The van der Waals surface area contributed by atoms with E-state index < -0.39 is 0 Å². The van der Waals surface area contributed by atoms with Crippen molar-refractivity contribution in [2.45, 2.75) is 38.4 Å². The number of pyridine rings is 1. The number of aromatic nitrogens is 1. The first-order valence-electron chi connectivity index (χ1n) is 10.1. The molecule has 1 unspecified atom stereocenters. The number of hydrogen-bond donors (Lipinski definition) is 3. The van der Waals surface area contributed by atoms with E-state index in [-0.39, 0.29) is 12.1 Å². The number of nitrogens with one attached hydrogen (secondary N) is 3. The van der Waals surface area contributed by atoms with E-state index in [1.807, 2.05) is 48.5 Å². The summed E-state index contributed by atoms with van der Waals surface area (Å²) in [7, 11) is 0. The smallest absolute Gasteiger partial charge is 0.319 e. The molecule has 0 saturated carbocycles. The number of carbonyl (C=O) groups excluding carboxylic acids is 1. The summed E-state index contributed by atoms with van der Waals surface area (Å²) >= 11 is 0. The van der Waals surface area contributed by atoms with Gasteiger partial charge in [0.05, 0.1) is 11.7 Å². The van der Waals surface area contributed by atoms with Gasteiger partial charge < -0.3 is 16.0 Å². The molecule has 3 aromatic rings. The predicted molar refractivity (Wildman–Crippen MR) is 115 cm³/mol. The van der Waals surface area contributed by atoms with Gasteiger partial charge in [-0.05, 0) is 60.2 Å². The maximum absolute atomic E-state index is 12.5. The van der Waals surface area contributed by atoms with Crippen LogP contribution in [0.2, 0.25) is 0 Å². The third-order valence-electron chi connectivity index (χ3n) is 5.25. The van der Waals surface area contributed by atoms with Crippen molar-refractivity contribution in [3.05, 3.63) is 95.3 Å². The van der Waals surface area contributed by atoms with E-state index in [4.69, 9.17) is 0 Å². The molecule has 29 heavy (non-hydrogen) atoms. The van der Waals surface area contributed by atoms with Gasteiger partial charge in [-0.2, -0.15) is 0 Å². The molecule has 1 aromatic heterocycles. The Kier molecular flexibility index (Phi) is 6.17. The molecule has 2 amide bonds. The lowest BCUT2D eigenvalue weighted by Gasteiger charge is -2.26. The Bertz CT molecular complexity index is 941. The van der Waals surface area contributed by atoms with E-state index >= 15 is 0 Å². The molecule has 0 spiro atoms. The summed E-state index contributed by atoms with van der Waals surface area (Å²) < 4.78 is 0. The Labute approximate surface area is 171 Å². The fraction of sp³-hybridized carbons (Fsp3) is 0.250. The minimum Gasteiger partial charge on any atom is -0.331 e. The summed E-state index contributed by atoms with van der Waals surface area (Å²) in [6, 6.07) is 22.1. The number of carbonyl (C=O) groups is 1. The van der Waals surface area contributed by atoms with Crippen LogP contribution in [0.25, 0.3) is 0 Å². The number of benzene rings is 2. The SMILES string of the molecule is O=C(Nc1ccc(CNCc2ccccn2)cc1)NC1CCCc2ccccc21. The van der Waals surface area contributed by atoms with Gasteiger partial charge in [0.1, 0.15) is 0 Å².